The minimum Gasteiger partial charge on any atom is -0.537 e. The summed E-state index contributed by atoms with van der Waals surface area (Å²) in [6, 6.07) is 7.20. The molecular weight excluding hydrogens is 215 g/mol. The first-order valence-corrected chi connectivity index (χ1v) is 6.22. The van der Waals surface area contributed by atoms with E-state index in [0.29, 0.717) is 13.4 Å². The summed E-state index contributed by atoms with van der Waals surface area (Å²) >= 11 is 0. The van der Waals surface area contributed by atoms with Crippen molar-refractivity contribution in [1.29, 1.82) is 0 Å². The molecule has 0 aliphatic rings. The summed E-state index contributed by atoms with van der Waals surface area (Å²) in [6.07, 6.45) is 6.20. The SMILES string of the molecule is CCCCCCCOc1ccc(O[B]O)cc1. The normalized spacial score (nSPS) is 10.0. The molecule has 0 fully saturated rings. The molecule has 17 heavy (non-hydrogen) atoms. The first-order valence-electron chi connectivity index (χ1n) is 6.22. The summed E-state index contributed by atoms with van der Waals surface area (Å²) in [6.45, 7) is 2.97. The highest BCUT2D eigenvalue weighted by Gasteiger charge is 1.97. The summed E-state index contributed by atoms with van der Waals surface area (Å²) in [5.41, 5.74) is 0. The first kappa shape index (κ1) is 13.9. The summed E-state index contributed by atoms with van der Waals surface area (Å²) in [5.74, 6) is 1.44. The Kier molecular flexibility index (Phi) is 7.31. The minimum atomic E-state index is 0.600. The van der Waals surface area contributed by atoms with Gasteiger partial charge in [0, 0.05) is 0 Å². The Labute approximate surface area is 104 Å². The van der Waals surface area contributed by atoms with Gasteiger partial charge in [-0.05, 0) is 30.7 Å². The molecule has 0 spiro atoms. The molecule has 0 aromatic heterocycles. The maximum atomic E-state index is 8.45. The molecule has 0 atom stereocenters. The molecule has 0 bridgehead atoms. The van der Waals surface area contributed by atoms with Crippen molar-refractivity contribution in [3.63, 3.8) is 0 Å². The van der Waals surface area contributed by atoms with E-state index in [1.165, 1.54) is 25.7 Å². The average Bonchev–Trinajstić information content (AvgIpc) is 2.36. The van der Waals surface area contributed by atoms with Gasteiger partial charge in [0.25, 0.3) is 0 Å². The van der Waals surface area contributed by atoms with E-state index in [9.17, 15) is 0 Å². The van der Waals surface area contributed by atoms with Gasteiger partial charge in [-0.2, -0.15) is 0 Å². The van der Waals surface area contributed by atoms with Crippen LogP contribution >= 0.6 is 0 Å². The van der Waals surface area contributed by atoms with Crippen LogP contribution in [-0.4, -0.2) is 19.3 Å². The van der Waals surface area contributed by atoms with Crippen molar-refractivity contribution in [2.45, 2.75) is 39.0 Å². The fraction of sp³-hybridized carbons (Fsp3) is 0.538. The fourth-order valence-electron chi connectivity index (χ4n) is 1.57. The van der Waals surface area contributed by atoms with E-state index < -0.39 is 0 Å². The van der Waals surface area contributed by atoms with Crippen molar-refractivity contribution in [3.05, 3.63) is 24.3 Å². The Balaban J connectivity index is 2.14. The molecule has 0 aliphatic carbocycles. The molecule has 0 heterocycles. The van der Waals surface area contributed by atoms with Crippen LogP contribution in [0, 0.1) is 0 Å². The first-order chi connectivity index (χ1) is 8.36. The number of unbranched alkanes of at least 4 members (excludes halogenated alkanes) is 4. The van der Waals surface area contributed by atoms with E-state index in [-0.39, 0.29) is 0 Å². The van der Waals surface area contributed by atoms with Crippen molar-refractivity contribution < 1.29 is 14.4 Å². The van der Waals surface area contributed by atoms with Gasteiger partial charge in [0.2, 0.25) is 0 Å². The highest BCUT2D eigenvalue weighted by molar-refractivity contribution is 6.17. The summed E-state index contributed by atoms with van der Waals surface area (Å²) in [4.78, 5) is 0. The van der Waals surface area contributed by atoms with Gasteiger partial charge in [-0.3, -0.25) is 0 Å². The van der Waals surface area contributed by atoms with Crippen LogP contribution in [0.4, 0.5) is 0 Å². The zero-order valence-electron chi connectivity index (χ0n) is 10.4. The molecule has 93 valence electrons. The molecule has 0 saturated carbocycles. The van der Waals surface area contributed by atoms with Crippen LogP contribution in [0.15, 0.2) is 24.3 Å². The second-order valence-electron chi connectivity index (χ2n) is 3.96. The van der Waals surface area contributed by atoms with Crippen molar-refractivity contribution in [3.8, 4) is 11.5 Å². The van der Waals surface area contributed by atoms with Gasteiger partial charge in [-0.15, -0.1) is 0 Å². The molecule has 1 aromatic rings. The Morgan fingerprint density at radius 2 is 1.65 bits per heavy atom. The van der Waals surface area contributed by atoms with Crippen LogP contribution < -0.4 is 9.39 Å². The smallest absolute Gasteiger partial charge is 0.537 e. The monoisotopic (exact) mass is 235 g/mol. The van der Waals surface area contributed by atoms with Gasteiger partial charge in [-0.25, -0.2) is 0 Å². The van der Waals surface area contributed by atoms with E-state index in [0.717, 1.165) is 18.8 Å². The van der Waals surface area contributed by atoms with Crippen LogP contribution in [0.5, 0.6) is 11.5 Å². The zero-order valence-corrected chi connectivity index (χ0v) is 10.4. The molecule has 0 aliphatic heterocycles. The fourth-order valence-corrected chi connectivity index (χ4v) is 1.57. The summed E-state index contributed by atoms with van der Waals surface area (Å²) < 4.78 is 10.4. The largest absolute Gasteiger partial charge is 0.569 e. The molecule has 1 radical (unpaired) electrons. The molecule has 1 N–H and O–H groups in total. The number of hydrogen-bond donors (Lipinski definition) is 1. The molecule has 4 heteroatoms. The lowest BCUT2D eigenvalue weighted by Crippen LogP contribution is -2.00. The molecule has 1 aromatic carbocycles. The standard InChI is InChI=1S/C13H20BO3/c1-2-3-4-5-6-11-16-12-7-9-13(10-8-12)17-14-15/h7-10,15H,2-6,11H2,1H3. The number of ether oxygens (including phenoxy) is 1. The predicted molar refractivity (Wildman–Crippen MR) is 69.3 cm³/mol. The highest BCUT2D eigenvalue weighted by Crippen LogP contribution is 2.17. The lowest BCUT2D eigenvalue weighted by molar-refractivity contribution is 0.304. The van der Waals surface area contributed by atoms with E-state index in [1.54, 1.807) is 12.1 Å². The molecule has 0 amide bonds. The van der Waals surface area contributed by atoms with Gasteiger partial charge < -0.3 is 14.4 Å². The third-order valence-corrected chi connectivity index (χ3v) is 2.53. The van der Waals surface area contributed by atoms with Crippen molar-refractivity contribution >= 4 is 7.69 Å². The van der Waals surface area contributed by atoms with Gasteiger partial charge in [0.1, 0.15) is 11.5 Å². The third kappa shape index (κ3) is 6.22. The lowest BCUT2D eigenvalue weighted by atomic mass is 10.2. The van der Waals surface area contributed by atoms with E-state index in [2.05, 4.69) is 6.92 Å². The summed E-state index contributed by atoms with van der Waals surface area (Å²) in [7, 11) is 0.670. The number of benzene rings is 1. The van der Waals surface area contributed by atoms with Gasteiger partial charge >= 0.3 is 7.69 Å². The van der Waals surface area contributed by atoms with E-state index in [1.807, 2.05) is 12.1 Å². The van der Waals surface area contributed by atoms with Crippen LogP contribution in [0.25, 0.3) is 0 Å². The van der Waals surface area contributed by atoms with Crippen LogP contribution in [-0.2, 0) is 0 Å². The third-order valence-electron chi connectivity index (χ3n) is 2.53. The maximum Gasteiger partial charge on any atom is 0.569 e. The molecular formula is C13H20BO3. The van der Waals surface area contributed by atoms with Gasteiger partial charge in [-0.1, -0.05) is 32.6 Å². The Hall–Kier alpha value is -1.16. The maximum absolute atomic E-state index is 8.45. The van der Waals surface area contributed by atoms with E-state index in [4.69, 9.17) is 14.4 Å². The highest BCUT2D eigenvalue weighted by atomic mass is 16.5. The van der Waals surface area contributed by atoms with Gasteiger partial charge in [0.05, 0.1) is 6.61 Å². The Morgan fingerprint density at radius 1 is 1.00 bits per heavy atom. The average molecular weight is 235 g/mol. The Morgan fingerprint density at radius 3 is 2.29 bits per heavy atom. The van der Waals surface area contributed by atoms with Crippen LogP contribution in [0.1, 0.15) is 39.0 Å². The van der Waals surface area contributed by atoms with Crippen LogP contribution in [0.2, 0.25) is 0 Å². The van der Waals surface area contributed by atoms with E-state index >= 15 is 0 Å². The molecule has 1 rings (SSSR count). The topological polar surface area (TPSA) is 38.7 Å². The zero-order chi connectivity index (χ0) is 12.3. The van der Waals surface area contributed by atoms with Gasteiger partial charge in [0.15, 0.2) is 0 Å². The predicted octanol–water partition coefficient (Wildman–Crippen LogP) is 2.94. The molecule has 0 unspecified atom stereocenters. The van der Waals surface area contributed by atoms with Crippen LogP contribution in [0.3, 0.4) is 0 Å². The molecule has 3 nitrogen and oxygen atoms in total. The summed E-state index contributed by atoms with van der Waals surface area (Å²) in [5, 5.41) is 8.45. The quantitative estimate of drug-likeness (QED) is 0.528. The Bertz CT molecular complexity index is 287. The van der Waals surface area contributed by atoms with Crippen molar-refractivity contribution in [1.82, 2.24) is 0 Å². The number of hydrogen-bond acceptors (Lipinski definition) is 3. The molecule has 0 saturated heterocycles. The minimum absolute atomic E-state index is 0.600. The van der Waals surface area contributed by atoms with Crippen molar-refractivity contribution in [2.24, 2.45) is 0 Å². The second kappa shape index (κ2) is 8.94. The van der Waals surface area contributed by atoms with Crippen molar-refractivity contribution in [2.75, 3.05) is 6.61 Å². The number of rotatable bonds is 9. The lowest BCUT2D eigenvalue weighted by Gasteiger charge is -2.07. The second-order valence-corrected chi connectivity index (χ2v) is 3.96.